The summed E-state index contributed by atoms with van der Waals surface area (Å²) < 4.78 is 1.91. The van der Waals surface area contributed by atoms with Gasteiger partial charge in [0.05, 0.1) is 16.6 Å². The van der Waals surface area contributed by atoms with E-state index in [-0.39, 0.29) is 30.2 Å². The molecule has 3 amide bonds. The Morgan fingerprint density at radius 2 is 2.00 bits per heavy atom. The molecule has 1 aromatic heterocycles. The number of halogens is 1. The molecule has 30 heavy (non-hydrogen) atoms. The molecule has 2 heterocycles. The quantitative estimate of drug-likeness (QED) is 0.586. The fraction of sp³-hybridized carbons (Fsp3) is 0.227. The Balaban J connectivity index is 1.65. The predicted octanol–water partition coefficient (Wildman–Crippen LogP) is 3.36. The van der Waals surface area contributed by atoms with Crippen LogP contribution in [0.4, 0.5) is 5.69 Å². The van der Waals surface area contributed by atoms with Crippen LogP contribution < -0.4 is 16.0 Å². The standard InChI is InChI=1S/C22H21ClN4O3/c1-2-24-20(28)11-15-12-25-22(30)19-10-13-9-14(7-8-18(13)27(15)19)26-21(29)16-5-3-4-6-17(16)23/h3-10,15H,2,11-12H2,1H3,(H,24,28)(H,25,30)(H,26,29). The number of hydrogen-bond donors (Lipinski definition) is 3. The van der Waals surface area contributed by atoms with Gasteiger partial charge in [0.1, 0.15) is 5.69 Å². The van der Waals surface area contributed by atoms with Crippen molar-refractivity contribution in [3.05, 3.63) is 64.8 Å². The molecule has 1 unspecified atom stereocenters. The lowest BCUT2D eigenvalue weighted by Crippen LogP contribution is -2.40. The van der Waals surface area contributed by atoms with Crippen LogP contribution in [0.2, 0.25) is 5.02 Å². The number of nitrogens with one attached hydrogen (secondary N) is 3. The number of hydrogen-bond acceptors (Lipinski definition) is 3. The number of nitrogens with zero attached hydrogens (tertiary/aromatic N) is 1. The van der Waals surface area contributed by atoms with E-state index in [2.05, 4.69) is 16.0 Å². The minimum Gasteiger partial charge on any atom is -0.356 e. The van der Waals surface area contributed by atoms with E-state index < -0.39 is 0 Å². The lowest BCUT2D eigenvalue weighted by Gasteiger charge is -2.27. The molecule has 1 aliphatic rings. The van der Waals surface area contributed by atoms with Crippen molar-refractivity contribution in [3.63, 3.8) is 0 Å². The van der Waals surface area contributed by atoms with Crippen molar-refractivity contribution in [1.82, 2.24) is 15.2 Å². The van der Waals surface area contributed by atoms with Crippen molar-refractivity contribution >= 4 is 45.9 Å². The Hall–Kier alpha value is -3.32. The SMILES string of the molecule is CCNC(=O)CC1CNC(=O)c2cc3cc(NC(=O)c4ccccc4Cl)ccc3n21. The molecule has 0 saturated carbocycles. The number of amides is 3. The Morgan fingerprint density at radius 3 is 2.77 bits per heavy atom. The fourth-order valence-corrected chi connectivity index (χ4v) is 3.99. The third-order valence-electron chi connectivity index (χ3n) is 5.11. The first-order valence-corrected chi connectivity index (χ1v) is 10.1. The summed E-state index contributed by atoms with van der Waals surface area (Å²) in [5.74, 6) is -0.550. The fourth-order valence-electron chi connectivity index (χ4n) is 3.77. The number of fused-ring (bicyclic) bond motifs is 3. The molecule has 8 heteroatoms. The molecule has 0 fully saturated rings. The van der Waals surface area contributed by atoms with Gasteiger partial charge in [-0.2, -0.15) is 0 Å². The number of aromatic nitrogens is 1. The zero-order valence-electron chi connectivity index (χ0n) is 16.4. The summed E-state index contributed by atoms with van der Waals surface area (Å²) in [6, 6.07) is 13.9. The van der Waals surface area contributed by atoms with Gasteiger partial charge in [-0.1, -0.05) is 23.7 Å². The van der Waals surface area contributed by atoms with Gasteiger partial charge in [-0.25, -0.2) is 0 Å². The first kappa shape index (κ1) is 20.0. The summed E-state index contributed by atoms with van der Waals surface area (Å²) in [5, 5.41) is 9.68. The van der Waals surface area contributed by atoms with Crippen LogP contribution in [0.1, 0.15) is 40.2 Å². The van der Waals surface area contributed by atoms with Gasteiger partial charge in [0.15, 0.2) is 0 Å². The highest BCUT2D eigenvalue weighted by Gasteiger charge is 2.28. The molecular weight excluding hydrogens is 404 g/mol. The highest BCUT2D eigenvalue weighted by Crippen LogP contribution is 2.30. The zero-order valence-corrected chi connectivity index (χ0v) is 17.1. The molecule has 0 spiro atoms. The normalized spacial score (nSPS) is 15.4. The second kappa shape index (κ2) is 8.20. The molecule has 3 aromatic rings. The minimum absolute atomic E-state index is 0.0601. The van der Waals surface area contributed by atoms with Gasteiger partial charge in [-0.15, -0.1) is 0 Å². The summed E-state index contributed by atoms with van der Waals surface area (Å²) in [6.07, 6.45) is 0.274. The number of rotatable bonds is 5. The maximum atomic E-state index is 12.5. The highest BCUT2D eigenvalue weighted by molar-refractivity contribution is 6.34. The van der Waals surface area contributed by atoms with E-state index in [4.69, 9.17) is 11.6 Å². The van der Waals surface area contributed by atoms with E-state index in [1.807, 2.05) is 23.6 Å². The lowest BCUT2D eigenvalue weighted by molar-refractivity contribution is -0.121. The van der Waals surface area contributed by atoms with Crippen LogP contribution in [0, 0.1) is 0 Å². The predicted molar refractivity (Wildman–Crippen MR) is 116 cm³/mol. The van der Waals surface area contributed by atoms with Gasteiger partial charge >= 0.3 is 0 Å². The second-order valence-corrected chi connectivity index (χ2v) is 7.54. The van der Waals surface area contributed by atoms with Crippen LogP contribution in [0.25, 0.3) is 10.9 Å². The molecule has 0 radical (unpaired) electrons. The second-order valence-electron chi connectivity index (χ2n) is 7.13. The first-order valence-electron chi connectivity index (χ1n) is 9.73. The molecule has 2 aromatic carbocycles. The van der Waals surface area contributed by atoms with Crippen molar-refractivity contribution in [2.75, 3.05) is 18.4 Å². The summed E-state index contributed by atoms with van der Waals surface area (Å²) >= 11 is 6.10. The van der Waals surface area contributed by atoms with Crippen LogP contribution in [0.5, 0.6) is 0 Å². The van der Waals surface area contributed by atoms with E-state index in [1.54, 1.807) is 36.4 Å². The topological polar surface area (TPSA) is 92.2 Å². The van der Waals surface area contributed by atoms with E-state index >= 15 is 0 Å². The van der Waals surface area contributed by atoms with Crippen LogP contribution in [0.15, 0.2) is 48.5 Å². The molecule has 4 rings (SSSR count). The smallest absolute Gasteiger partial charge is 0.268 e. The van der Waals surface area contributed by atoms with Crippen molar-refractivity contribution in [1.29, 1.82) is 0 Å². The Kier molecular flexibility index (Phi) is 5.46. The monoisotopic (exact) mass is 424 g/mol. The minimum atomic E-state index is -0.309. The van der Waals surface area contributed by atoms with Gasteiger partial charge in [0.2, 0.25) is 5.91 Å². The zero-order chi connectivity index (χ0) is 21.3. The Labute approximate surface area is 178 Å². The Morgan fingerprint density at radius 1 is 1.20 bits per heavy atom. The molecule has 0 bridgehead atoms. The van der Waals surface area contributed by atoms with Gasteiger partial charge in [-0.3, -0.25) is 14.4 Å². The van der Waals surface area contributed by atoms with Crippen LogP contribution in [-0.4, -0.2) is 35.4 Å². The number of carbonyl (C=O) groups is 3. The third-order valence-corrected chi connectivity index (χ3v) is 5.44. The van der Waals surface area contributed by atoms with E-state index in [0.29, 0.717) is 35.1 Å². The van der Waals surface area contributed by atoms with Gasteiger partial charge in [0.25, 0.3) is 11.8 Å². The molecule has 3 N–H and O–H groups in total. The summed E-state index contributed by atoms with van der Waals surface area (Å²) in [4.78, 5) is 37.0. The third kappa shape index (κ3) is 3.76. The average Bonchev–Trinajstić information content (AvgIpc) is 3.10. The molecule has 7 nitrogen and oxygen atoms in total. The van der Waals surface area contributed by atoms with Crippen LogP contribution in [-0.2, 0) is 4.79 Å². The van der Waals surface area contributed by atoms with Crippen molar-refractivity contribution < 1.29 is 14.4 Å². The average molecular weight is 425 g/mol. The van der Waals surface area contributed by atoms with Gasteiger partial charge in [-0.05, 0) is 43.3 Å². The van der Waals surface area contributed by atoms with Crippen molar-refractivity contribution in [3.8, 4) is 0 Å². The van der Waals surface area contributed by atoms with E-state index in [9.17, 15) is 14.4 Å². The van der Waals surface area contributed by atoms with Crippen LogP contribution >= 0.6 is 11.6 Å². The maximum Gasteiger partial charge on any atom is 0.268 e. The lowest BCUT2D eigenvalue weighted by atomic mass is 10.1. The summed E-state index contributed by atoms with van der Waals surface area (Å²) in [5.41, 5.74) is 2.32. The molecule has 1 atom stereocenters. The van der Waals surface area contributed by atoms with Crippen molar-refractivity contribution in [2.45, 2.75) is 19.4 Å². The highest BCUT2D eigenvalue weighted by atomic mass is 35.5. The Bertz CT molecular complexity index is 1150. The van der Waals surface area contributed by atoms with Gasteiger partial charge in [0, 0.05) is 36.1 Å². The van der Waals surface area contributed by atoms with E-state index in [1.165, 1.54) is 0 Å². The largest absolute Gasteiger partial charge is 0.356 e. The molecule has 1 aliphatic heterocycles. The van der Waals surface area contributed by atoms with Gasteiger partial charge < -0.3 is 20.5 Å². The molecule has 154 valence electrons. The molecule has 0 saturated heterocycles. The molecular formula is C22H21ClN4O3. The number of benzene rings is 2. The molecule has 0 aliphatic carbocycles. The first-order chi connectivity index (χ1) is 14.5. The number of anilines is 1. The summed E-state index contributed by atoms with van der Waals surface area (Å²) in [7, 11) is 0. The van der Waals surface area contributed by atoms with Crippen molar-refractivity contribution in [2.24, 2.45) is 0 Å². The maximum absolute atomic E-state index is 12.5. The van der Waals surface area contributed by atoms with Crippen LogP contribution in [0.3, 0.4) is 0 Å². The number of carbonyl (C=O) groups excluding carboxylic acids is 3. The summed E-state index contributed by atoms with van der Waals surface area (Å²) in [6.45, 7) is 2.82. The van der Waals surface area contributed by atoms with E-state index in [0.717, 1.165) is 10.9 Å².